The molecule has 0 aromatic heterocycles. The topological polar surface area (TPSA) is 66.5 Å². The zero-order chi connectivity index (χ0) is 20.9. The fourth-order valence-electron chi connectivity index (χ4n) is 2.94. The highest BCUT2D eigenvalue weighted by Gasteiger charge is 2.27. The lowest BCUT2D eigenvalue weighted by molar-refractivity contribution is -0.119. The van der Waals surface area contributed by atoms with Gasteiger partial charge in [0.2, 0.25) is 5.91 Å². The van der Waals surface area contributed by atoms with Crippen molar-refractivity contribution >= 4 is 21.6 Å². The Hall–Kier alpha value is -3.12. The summed E-state index contributed by atoms with van der Waals surface area (Å²) in [6, 6.07) is 23.0. The average Bonchev–Trinajstić information content (AvgIpc) is 2.72. The molecule has 0 fully saturated rings. The molecule has 0 heterocycles. The highest BCUT2D eigenvalue weighted by atomic mass is 32.2. The lowest BCUT2D eigenvalue weighted by Crippen LogP contribution is -2.40. The Morgan fingerprint density at radius 1 is 0.862 bits per heavy atom. The van der Waals surface area contributed by atoms with E-state index in [2.05, 4.69) is 5.32 Å². The summed E-state index contributed by atoms with van der Waals surface area (Å²) < 4.78 is 27.7. The van der Waals surface area contributed by atoms with Crippen LogP contribution in [0.15, 0.2) is 83.8 Å². The SMILES string of the molecule is Cc1ccc(S(=O)(=O)N(CC(=O)NCc2ccccc2C)c2ccccc2)cc1. The predicted octanol–water partition coefficient (Wildman–Crippen LogP) is 3.82. The third kappa shape index (κ3) is 5.03. The van der Waals surface area contributed by atoms with Crippen molar-refractivity contribution in [2.75, 3.05) is 10.8 Å². The van der Waals surface area contributed by atoms with Gasteiger partial charge in [-0.3, -0.25) is 9.10 Å². The second-order valence-electron chi connectivity index (χ2n) is 6.86. The number of hydrogen-bond donors (Lipinski definition) is 1. The molecule has 1 N–H and O–H groups in total. The van der Waals surface area contributed by atoms with Crippen molar-refractivity contribution < 1.29 is 13.2 Å². The lowest BCUT2D eigenvalue weighted by atomic mass is 10.1. The van der Waals surface area contributed by atoms with Crippen molar-refractivity contribution in [1.29, 1.82) is 0 Å². The molecule has 150 valence electrons. The van der Waals surface area contributed by atoms with Crippen LogP contribution >= 0.6 is 0 Å². The van der Waals surface area contributed by atoms with E-state index >= 15 is 0 Å². The van der Waals surface area contributed by atoms with E-state index in [0.29, 0.717) is 12.2 Å². The zero-order valence-electron chi connectivity index (χ0n) is 16.5. The molecule has 0 atom stereocenters. The molecule has 0 aliphatic carbocycles. The van der Waals surface area contributed by atoms with Crippen molar-refractivity contribution in [3.63, 3.8) is 0 Å². The Morgan fingerprint density at radius 3 is 2.14 bits per heavy atom. The molecule has 0 aliphatic rings. The number of hydrogen-bond acceptors (Lipinski definition) is 3. The van der Waals surface area contributed by atoms with E-state index in [1.807, 2.05) is 38.1 Å². The first-order valence-electron chi connectivity index (χ1n) is 9.33. The number of para-hydroxylation sites is 1. The van der Waals surface area contributed by atoms with Gasteiger partial charge in [-0.05, 0) is 49.2 Å². The molecular weight excluding hydrogens is 384 g/mol. The second-order valence-corrected chi connectivity index (χ2v) is 8.73. The molecule has 6 heteroatoms. The van der Waals surface area contributed by atoms with Crippen LogP contribution in [0, 0.1) is 13.8 Å². The molecule has 0 unspecified atom stereocenters. The Kier molecular flexibility index (Phi) is 6.34. The molecule has 0 aliphatic heterocycles. The van der Waals surface area contributed by atoms with Crippen molar-refractivity contribution in [3.05, 3.63) is 95.6 Å². The van der Waals surface area contributed by atoms with Gasteiger partial charge in [0.1, 0.15) is 6.54 Å². The zero-order valence-corrected chi connectivity index (χ0v) is 17.3. The van der Waals surface area contributed by atoms with Gasteiger partial charge in [-0.15, -0.1) is 0 Å². The molecule has 3 aromatic carbocycles. The standard InChI is InChI=1S/C23H24N2O3S/c1-18-12-14-22(15-13-18)29(27,28)25(21-10-4-3-5-11-21)17-23(26)24-16-20-9-7-6-8-19(20)2/h3-15H,16-17H2,1-2H3,(H,24,26). The average molecular weight is 409 g/mol. The van der Waals surface area contributed by atoms with Gasteiger partial charge >= 0.3 is 0 Å². The number of sulfonamides is 1. The number of rotatable bonds is 7. The van der Waals surface area contributed by atoms with E-state index in [1.54, 1.807) is 54.6 Å². The third-order valence-electron chi connectivity index (χ3n) is 4.68. The van der Waals surface area contributed by atoms with E-state index in [0.717, 1.165) is 21.0 Å². The molecule has 0 bridgehead atoms. The Balaban J connectivity index is 1.84. The molecule has 3 aromatic rings. The summed E-state index contributed by atoms with van der Waals surface area (Å²) in [5.74, 6) is -0.368. The molecule has 0 radical (unpaired) electrons. The van der Waals surface area contributed by atoms with Crippen LogP contribution in [0.3, 0.4) is 0 Å². The van der Waals surface area contributed by atoms with E-state index in [1.165, 1.54) is 0 Å². The first kappa shape index (κ1) is 20.6. The molecule has 0 saturated heterocycles. The van der Waals surface area contributed by atoms with Crippen LogP contribution in [0.2, 0.25) is 0 Å². The summed E-state index contributed by atoms with van der Waals surface area (Å²) in [4.78, 5) is 12.8. The number of nitrogens with one attached hydrogen (secondary N) is 1. The quantitative estimate of drug-likeness (QED) is 0.646. The van der Waals surface area contributed by atoms with Crippen molar-refractivity contribution in [2.24, 2.45) is 0 Å². The van der Waals surface area contributed by atoms with Gasteiger partial charge in [0, 0.05) is 6.54 Å². The van der Waals surface area contributed by atoms with Crippen LogP contribution in [0.5, 0.6) is 0 Å². The normalized spacial score (nSPS) is 11.1. The Labute approximate surface area is 172 Å². The maximum absolute atomic E-state index is 13.3. The van der Waals surface area contributed by atoms with Gasteiger partial charge in [-0.1, -0.05) is 60.2 Å². The number of benzene rings is 3. The predicted molar refractivity (Wildman–Crippen MR) is 115 cm³/mol. The van der Waals surface area contributed by atoms with E-state index in [4.69, 9.17) is 0 Å². The van der Waals surface area contributed by atoms with Crippen LogP contribution in [0.4, 0.5) is 5.69 Å². The largest absolute Gasteiger partial charge is 0.350 e. The number of amides is 1. The fourth-order valence-corrected chi connectivity index (χ4v) is 4.36. The summed E-state index contributed by atoms with van der Waals surface area (Å²) in [5.41, 5.74) is 3.47. The molecule has 0 saturated carbocycles. The molecule has 5 nitrogen and oxygen atoms in total. The number of aryl methyl sites for hydroxylation is 2. The molecule has 3 rings (SSSR count). The first-order valence-corrected chi connectivity index (χ1v) is 10.8. The summed E-state index contributed by atoms with van der Waals surface area (Å²) in [6.07, 6.45) is 0. The molecule has 1 amide bonds. The highest BCUT2D eigenvalue weighted by Crippen LogP contribution is 2.23. The van der Waals surface area contributed by atoms with Gasteiger partial charge < -0.3 is 5.32 Å². The summed E-state index contributed by atoms with van der Waals surface area (Å²) in [6.45, 7) is 3.91. The van der Waals surface area contributed by atoms with Crippen LogP contribution in [0.1, 0.15) is 16.7 Å². The van der Waals surface area contributed by atoms with Crippen LogP contribution < -0.4 is 9.62 Å². The fraction of sp³-hybridized carbons (Fsp3) is 0.174. The van der Waals surface area contributed by atoms with Crippen LogP contribution in [-0.4, -0.2) is 20.9 Å². The van der Waals surface area contributed by atoms with Gasteiger partial charge in [-0.2, -0.15) is 0 Å². The Bertz CT molecular complexity index is 1080. The lowest BCUT2D eigenvalue weighted by Gasteiger charge is -2.24. The Morgan fingerprint density at radius 2 is 1.48 bits per heavy atom. The smallest absolute Gasteiger partial charge is 0.264 e. The van der Waals surface area contributed by atoms with Crippen molar-refractivity contribution in [2.45, 2.75) is 25.3 Å². The minimum absolute atomic E-state index is 0.152. The summed E-state index contributed by atoms with van der Waals surface area (Å²) in [7, 11) is -3.88. The van der Waals surface area contributed by atoms with Crippen LogP contribution in [-0.2, 0) is 21.4 Å². The van der Waals surface area contributed by atoms with Gasteiger partial charge in [0.15, 0.2) is 0 Å². The van der Waals surface area contributed by atoms with Gasteiger partial charge in [0.05, 0.1) is 10.6 Å². The van der Waals surface area contributed by atoms with Crippen molar-refractivity contribution in [3.8, 4) is 0 Å². The molecule has 0 spiro atoms. The highest BCUT2D eigenvalue weighted by molar-refractivity contribution is 7.92. The minimum atomic E-state index is -3.88. The number of nitrogens with zero attached hydrogens (tertiary/aromatic N) is 1. The number of carbonyl (C=O) groups excluding carboxylic acids is 1. The molecular formula is C23H24N2O3S. The number of anilines is 1. The minimum Gasteiger partial charge on any atom is -0.350 e. The molecule has 29 heavy (non-hydrogen) atoms. The van der Waals surface area contributed by atoms with Gasteiger partial charge in [0.25, 0.3) is 10.0 Å². The maximum atomic E-state index is 13.3. The van der Waals surface area contributed by atoms with Gasteiger partial charge in [-0.25, -0.2) is 8.42 Å². The van der Waals surface area contributed by atoms with Crippen molar-refractivity contribution in [1.82, 2.24) is 5.32 Å². The third-order valence-corrected chi connectivity index (χ3v) is 6.47. The van der Waals surface area contributed by atoms with Crippen LogP contribution in [0.25, 0.3) is 0 Å². The first-order chi connectivity index (χ1) is 13.9. The van der Waals surface area contributed by atoms with E-state index in [-0.39, 0.29) is 17.3 Å². The maximum Gasteiger partial charge on any atom is 0.264 e. The summed E-state index contributed by atoms with van der Waals surface area (Å²) >= 11 is 0. The summed E-state index contributed by atoms with van der Waals surface area (Å²) in [5, 5.41) is 2.83. The van der Waals surface area contributed by atoms with E-state index < -0.39 is 10.0 Å². The van der Waals surface area contributed by atoms with E-state index in [9.17, 15) is 13.2 Å². The second kappa shape index (κ2) is 8.92. The number of carbonyl (C=O) groups is 1. The monoisotopic (exact) mass is 408 g/mol.